The predicted octanol–water partition coefficient (Wildman–Crippen LogP) is 3.90. The molecule has 0 saturated carbocycles. The molecular weight excluding hydrogens is 392 g/mol. The van der Waals surface area contributed by atoms with Crippen LogP contribution < -0.4 is 10.9 Å². The first-order valence-corrected chi connectivity index (χ1v) is 9.86. The summed E-state index contributed by atoms with van der Waals surface area (Å²) in [7, 11) is 0. The topological polar surface area (TPSA) is 88.3 Å². The first-order chi connectivity index (χ1) is 15.0. The second kappa shape index (κ2) is 7.25. The van der Waals surface area contributed by atoms with Crippen molar-refractivity contribution in [3.8, 4) is 11.3 Å². The predicted molar refractivity (Wildman–Crippen MR) is 116 cm³/mol. The van der Waals surface area contributed by atoms with E-state index >= 15 is 0 Å². The molecule has 5 rings (SSSR count). The van der Waals surface area contributed by atoms with Crippen molar-refractivity contribution in [1.29, 1.82) is 0 Å². The number of nitrogens with one attached hydrogen (secondary N) is 2. The molecular formula is C25H18N2O4. The van der Waals surface area contributed by atoms with Crippen molar-refractivity contribution in [2.75, 3.05) is 0 Å². The van der Waals surface area contributed by atoms with E-state index in [1.807, 2.05) is 72.8 Å². The molecule has 152 valence electrons. The molecule has 1 aliphatic rings. The molecule has 6 nitrogen and oxygen atoms in total. The second-order valence-electron chi connectivity index (χ2n) is 7.51. The fourth-order valence-electron chi connectivity index (χ4n) is 4.01. The molecule has 0 spiro atoms. The minimum absolute atomic E-state index is 0.0593. The maximum Gasteiger partial charge on any atom is 0.415 e. The molecule has 0 radical (unpaired) electrons. The van der Waals surface area contributed by atoms with Gasteiger partial charge in [-0.05, 0) is 40.1 Å². The molecule has 2 amide bonds. The normalized spacial score (nSPS) is 18.1. The van der Waals surface area contributed by atoms with Gasteiger partial charge >= 0.3 is 6.09 Å². The molecule has 0 aliphatic carbocycles. The zero-order valence-corrected chi connectivity index (χ0v) is 16.4. The van der Waals surface area contributed by atoms with Crippen molar-refractivity contribution >= 4 is 22.8 Å². The Morgan fingerprint density at radius 1 is 0.774 bits per heavy atom. The standard InChI is InChI=1S/C25H18N2O4/c28-22-20(25(23(29)27-24(30)31-25)15-16-6-2-1-3-7-16)12-13-21(26-22)19-11-10-17-8-4-5-9-18(17)14-19/h1-14H,15H2,(H,26,28)(H,27,29,30). The number of rotatable bonds is 4. The van der Waals surface area contributed by atoms with E-state index in [1.54, 1.807) is 12.1 Å². The van der Waals surface area contributed by atoms with Crippen LogP contribution in [0.1, 0.15) is 11.1 Å². The van der Waals surface area contributed by atoms with Crippen LogP contribution in [0.15, 0.2) is 89.7 Å². The summed E-state index contributed by atoms with van der Waals surface area (Å²) in [5.74, 6) is -0.648. The highest BCUT2D eigenvalue weighted by atomic mass is 16.6. The van der Waals surface area contributed by atoms with Gasteiger partial charge < -0.3 is 9.72 Å². The van der Waals surface area contributed by atoms with Gasteiger partial charge in [0.2, 0.25) is 5.60 Å². The fraction of sp³-hybridized carbons (Fsp3) is 0.0800. The maximum atomic E-state index is 13.1. The highest BCUT2D eigenvalue weighted by Gasteiger charge is 2.52. The van der Waals surface area contributed by atoms with Crippen LogP contribution in [-0.4, -0.2) is 17.0 Å². The Kier molecular flexibility index (Phi) is 4.40. The summed E-state index contributed by atoms with van der Waals surface area (Å²) in [5, 5.41) is 4.32. The molecule has 1 saturated heterocycles. The SMILES string of the molecule is O=C1NC(=O)C(Cc2ccccc2)(c2ccc(-c3ccc4ccccc4c3)[nH]c2=O)O1. The van der Waals surface area contributed by atoms with Gasteiger partial charge in [0.1, 0.15) is 0 Å². The van der Waals surface area contributed by atoms with Crippen molar-refractivity contribution in [2.24, 2.45) is 0 Å². The van der Waals surface area contributed by atoms with Crippen LogP contribution in [0, 0.1) is 0 Å². The van der Waals surface area contributed by atoms with Crippen molar-refractivity contribution < 1.29 is 14.3 Å². The van der Waals surface area contributed by atoms with Crippen molar-refractivity contribution in [3.63, 3.8) is 0 Å². The van der Waals surface area contributed by atoms with E-state index in [1.165, 1.54) is 0 Å². The number of aromatic nitrogens is 1. The van der Waals surface area contributed by atoms with Crippen LogP contribution in [-0.2, 0) is 21.6 Å². The molecule has 1 aliphatic heterocycles. The number of pyridine rings is 1. The third-order valence-corrected chi connectivity index (χ3v) is 5.55. The van der Waals surface area contributed by atoms with E-state index in [0.717, 1.165) is 21.9 Å². The number of alkyl carbamates (subject to hydrolysis) is 1. The Morgan fingerprint density at radius 3 is 2.23 bits per heavy atom. The molecule has 1 unspecified atom stereocenters. The van der Waals surface area contributed by atoms with Gasteiger partial charge in [0.15, 0.2) is 0 Å². The monoisotopic (exact) mass is 410 g/mol. The molecule has 4 aromatic rings. The lowest BCUT2D eigenvalue weighted by Gasteiger charge is -2.24. The van der Waals surface area contributed by atoms with Crippen molar-refractivity contribution in [3.05, 3.63) is 106 Å². The first kappa shape index (κ1) is 18.8. The van der Waals surface area contributed by atoms with E-state index in [0.29, 0.717) is 5.69 Å². The Labute approximate surface area is 177 Å². The minimum atomic E-state index is -1.71. The lowest BCUT2D eigenvalue weighted by atomic mass is 9.87. The summed E-state index contributed by atoms with van der Waals surface area (Å²) in [5.41, 5.74) is 0.112. The van der Waals surface area contributed by atoms with Crippen molar-refractivity contribution in [1.82, 2.24) is 10.3 Å². The summed E-state index contributed by atoms with van der Waals surface area (Å²) in [6, 6.07) is 26.3. The average molecular weight is 410 g/mol. The van der Waals surface area contributed by atoms with Crippen LogP contribution in [0.4, 0.5) is 4.79 Å². The summed E-state index contributed by atoms with van der Waals surface area (Å²) in [6.07, 6.45) is -0.803. The molecule has 1 fully saturated rings. The van der Waals surface area contributed by atoms with Crippen LogP contribution >= 0.6 is 0 Å². The molecule has 6 heteroatoms. The second-order valence-corrected chi connectivity index (χ2v) is 7.51. The molecule has 2 heterocycles. The van der Waals surface area contributed by atoms with Gasteiger partial charge in [-0.3, -0.25) is 14.9 Å². The van der Waals surface area contributed by atoms with Crippen molar-refractivity contribution in [2.45, 2.75) is 12.0 Å². The third-order valence-electron chi connectivity index (χ3n) is 5.55. The quantitative estimate of drug-likeness (QED) is 0.534. The van der Waals surface area contributed by atoms with Gasteiger partial charge in [-0.15, -0.1) is 0 Å². The Bertz CT molecular complexity index is 1380. The fourth-order valence-corrected chi connectivity index (χ4v) is 4.01. The van der Waals surface area contributed by atoms with Crippen LogP contribution in [0.25, 0.3) is 22.0 Å². The number of aromatic amines is 1. The molecule has 3 aromatic carbocycles. The number of hydrogen-bond donors (Lipinski definition) is 2. The van der Waals surface area contributed by atoms with Gasteiger partial charge in [0, 0.05) is 12.1 Å². The highest BCUT2D eigenvalue weighted by molar-refractivity contribution is 6.03. The van der Waals surface area contributed by atoms with Gasteiger partial charge in [-0.1, -0.05) is 66.7 Å². The molecule has 31 heavy (non-hydrogen) atoms. The zero-order valence-electron chi connectivity index (χ0n) is 16.4. The average Bonchev–Trinajstić information content (AvgIpc) is 3.07. The number of benzene rings is 3. The minimum Gasteiger partial charge on any atom is -0.427 e. The number of hydrogen-bond acceptors (Lipinski definition) is 4. The Morgan fingerprint density at radius 2 is 1.52 bits per heavy atom. The summed E-state index contributed by atoms with van der Waals surface area (Å²) in [6.45, 7) is 0. The van der Waals surface area contributed by atoms with E-state index in [-0.39, 0.29) is 12.0 Å². The number of fused-ring (bicyclic) bond motifs is 1. The summed E-state index contributed by atoms with van der Waals surface area (Å²) < 4.78 is 5.42. The number of H-pyrrole nitrogens is 1. The number of carbonyl (C=O) groups is 2. The molecule has 2 N–H and O–H groups in total. The van der Waals surface area contributed by atoms with Gasteiger partial charge in [0.05, 0.1) is 5.56 Å². The summed E-state index contributed by atoms with van der Waals surface area (Å²) in [4.78, 5) is 40.6. The van der Waals surface area contributed by atoms with Crippen LogP contribution in [0.2, 0.25) is 0 Å². The lowest BCUT2D eigenvalue weighted by Crippen LogP contribution is -2.42. The highest BCUT2D eigenvalue weighted by Crippen LogP contribution is 2.33. The number of imide groups is 1. The number of amides is 2. The largest absolute Gasteiger partial charge is 0.427 e. The molecule has 0 bridgehead atoms. The maximum absolute atomic E-state index is 13.1. The number of carbonyl (C=O) groups excluding carboxylic acids is 2. The lowest BCUT2D eigenvalue weighted by molar-refractivity contribution is -0.132. The van der Waals surface area contributed by atoms with E-state index in [2.05, 4.69) is 10.3 Å². The number of ether oxygens (including phenoxy) is 1. The van der Waals surface area contributed by atoms with Gasteiger partial charge in [-0.2, -0.15) is 0 Å². The van der Waals surface area contributed by atoms with E-state index < -0.39 is 23.2 Å². The summed E-state index contributed by atoms with van der Waals surface area (Å²) >= 11 is 0. The van der Waals surface area contributed by atoms with Gasteiger partial charge in [-0.25, -0.2) is 4.79 Å². The molecule has 1 atom stereocenters. The molecule has 1 aromatic heterocycles. The Balaban J connectivity index is 1.59. The first-order valence-electron chi connectivity index (χ1n) is 9.86. The van der Waals surface area contributed by atoms with Gasteiger partial charge in [0.25, 0.3) is 11.5 Å². The van der Waals surface area contributed by atoms with E-state index in [9.17, 15) is 14.4 Å². The zero-order chi connectivity index (χ0) is 21.4. The third kappa shape index (κ3) is 3.28. The van der Waals surface area contributed by atoms with Crippen LogP contribution in [0.3, 0.4) is 0 Å². The van der Waals surface area contributed by atoms with E-state index in [4.69, 9.17) is 4.74 Å². The van der Waals surface area contributed by atoms with Crippen LogP contribution in [0.5, 0.6) is 0 Å². The number of cyclic esters (lactones) is 1. The smallest absolute Gasteiger partial charge is 0.415 e. The Hall–Kier alpha value is -4.19.